The molecule has 0 aromatic heterocycles. The van der Waals surface area contributed by atoms with Gasteiger partial charge in [-0.3, -0.25) is 9.59 Å². The van der Waals surface area contributed by atoms with E-state index in [0.29, 0.717) is 12.8 Å². The summed E-state index contributed by atoms with van der Waals surface area (Å²) in [6.45, 7) is 2.06. The molecule has 1 fully saturated rings. The topological polar surface area (TPSA) is 114 Å². The van der Waals surface area contributed by atoms with Gasteiger partial charge in [0.25, 0.3) is 0 Å². The second-order valence-corrected chi connectivity index (χ2v) is 8.51. The van der Waals surface area contributed by atoms with Gasteiger partial charge in [0.05, 0.1) is 12.0 Å². The Bertz CT molecular complexity index is 994. The highest BCUT2D eigenvalue weighted by Gasteiger charge is 2.32. The van der Waals surface area contributed by atoms with Crippen molar-refractivity contribution in [1.82, 2.24) is 10.6 Å². The molecule has 0 saturated carbocycles. The summed E-state index contributed by atoms with van der Waals surface area (Å²) in [5.41, 5.74) is 4.64. The predicted molar refractivity (Wildman–Crippen MR) is 121 cm³/mol. The molecule has 4 rings (SSSR count). The van der Waals surface area contributed by atoms with E-state index >= 15 is 0 Å². The molecule has 3 atom stereocenters. The maximum atomic E-state index is 12.3. The number of nitrogens with one attached hydrogen (secondary N) is 2. The summed E-state index contributed by atoms with van der Waals surface area (Å²) in [5.74, 6) is -1.96. The molecule has 174 valence electrons. The van der Waals surface area contributed by atoms with Crippen LogP contribution in [0.3, 0.4) is 0 Å². The van der Waals surface area contributed by atoms with Crippen molar-refractivity contribution in [2.75, 3.05) is 19.7 Å². The van der Waals surface area contributed by atoms with Crippen LogP contribution in [-0.4, -0.2) is 55.0 Å². The van der Waals surface area contributed by atoms with Crippen molar-refractivity contribution in [3.63, 3.8) is 0 Å². The molecule has 2 aromatic rings. The van der Waals surface area contributed by atoms with E-state index in [0.717, 1.165) is 11.1 Å². The first kappa shape index (κ1) is 22.8. The van der Waals surface area contributed by atoms with E-state index in [2.05, 4.69) is 34.9 Å². The summed E-state index contributed by atoms with van der Waals surface area (Å²) >= 11 is 0. The van der Waals surface area contributed by atoms with Crippen LogP contribution in [0.1, 0.15) is 36.8 Å². The largest absolute Gasteiger partial charge is 0.481 e. The van der Waals surface area contributed by atoms with Crippen LogP contribution in [0.25, 0.3) is 11.1 Å². The summed E-state index contributed by atoms with van der Waals surface area (Å²) in [4.78, 5) is 35.3. The van der Waals surface area contributed by atoms with Crippen molar-refractivity contribution in [2.24, 2.45) is 5.92 Å². The van der Waals surface area contributed by atoms with E-state index in [1.165, 1.54) is 18.1 Å². The Balaban J connectivity index is 1.22. The fourth-order valence-corrected chi connectivity index (χ4v) is 4.35. The fourth-order valence-electron chi connectivity index (χ4n) is 4.35. The SMILES string of the molecule is CC(CNC(=O)C1CCC(CNC(=O)OCC2c3ccccc3-c3ccccc32)O1)C(=O)O. The van der Waals surface area contributed by atoms with E-state index in [9.17, 15) is 14.4 Å². The lowest BCUT2D eigenvalue weighted by molar-refractivity contribution is -0.141. The summed E-state index contributed by atoms with van der Waals surface area (Å²) in [7, 11) is 0. The molecule has 1 aliphatic carbocycles. The molecule has 0 bridgehead atoms. The van der Waals surface area contributed by atoms with E-state index in [1.807, 2.05) is 24.3 Å². The second kappa shape index (κ2) is 10.0. The van der Waals surface area contributed by atoms with Crippen LogP contribution in [0.4, 0.5) is 4.79 Å². The highest BCUT2D eigenvalue weighted by molar-refractivity contribution is 5.82. The normalized spacial score (nSPS) is 19.9. The van der Waals surface area contributed by atoms with Gasteiger partial charge in [0.1, 0.15) is 12.7 Å². The molecule has 8 heteroatoms. The van der Waals surface area contributed by atoms with Crippen LogP contribution >= 0.6 is 0 Å². The zero-order valence-electron chi connectivity index (χ0n) is 18.5. The lowest BCUT2D eigenvalue weighted by Gasteiger charge is -2.17. The number of carbonyl (C=O) groups excluding carboxylic acids is 2. The minimum atomic E-state index is -0.965. The Labute approximate surface area is 192 Å². The molecule has 1 heterocycles. The number of benzene rings is 2. The standard InChI is InChI=1S/C25H28N2O6/c1-15(24(29)30)12-26-23(28)22-11-10-16(33-22)13-27-25(31)32-14-21-19-8-4-2-6-17(19)18-7-3-5-9-20(18)21/h2-9,15-16,21-22H,10-14H2,1H3,(H,26,28)(H,27,31)(H,29,30). The van der Waals surface area contributed by atoms with Gasteiger partial charge in [0.15, 0.2) is 0 Å². The predicted octanol–water partition coefficient (Wildman–Crippen LogP) is 2.91. The molecule has 33 heavy (non-hydrogen) atoms. The maximum absolute atomic E-state index is 12.3. The summed E-state index contributed by atoms with van der Waals surface area (Å²) in [6.07, 6.45) is -0.317. The molecule has 0 spiro atoms. The number of rotatable bonds is 8. The van der Waals surface area contributed by atoms with E-state index < -0.39 is 24.1 Å². The molecule has 2 aromatic carbocycles. The number of carbonyl (C=O) groups is 3. The van der Waals surface area contributed by atoms with Gasteiger partial charge < -0.3 is 25.2 Å². The van der Waals surface area contributed by atoms with Crippen LogP contribution < -0.4 is 10.6 Å². The number of hydrogen-bond acceptors (Lipinski definition) is 5. The molecule has 3 unspecified atom stereocenters. The van der Waals surface area contributed by atoms with Gasteiger partial charge in [-0.05, 0) is 35.1 Å². The highest BCUT2D eigenvalue weighted by atomic mass is 16.5. The number of ether oxygens (including phenoxy) is 2. The van der Waals surface area contributed by atoms with Crippen LogP contribution in [0.15, 0.2) is 48.5 Å². The molecule has 3 N–H and O–H groups in total. The van der Waals surface area contributed by atoms with Gasteiger partial charge in [0, 0.05) is 19.0 Å². The summed E-state index contributed by atoms with van der Waals surface area (Å²) in [5, 5.41) is 14.2. The Morgan fingerprint density at radius 1 is 1.03 bits per heavy atom. The minimum absolute atomic E-state index is 0.00727. The van der Waals surface area contributed by atoms with Crippen LogP contribution in [-0.2, 0) is 19.1 Å². The number of fused-ring (bicyclic) bond motifs is 3. The first-order valence-corrected chi connectivity index (χ1v) is 11.2. The number of carboxylic acid groups (broad SMARTS) is 1. The average molecular weight is 453 g/mol. The van der Waals surface area contributed by atoms with Crippen molar-refractivity contribution in [2.45, 2.75) is 37.9 Å². The molecule has 1 saturated heterocycles. The van der Waals surface area contributed by atoms with Gasteiger partial charge >= 0.3 is 12.1 Å². The Hall–Kier alpha value is -3.39. The monoisotopic (exact) mass is 452 g/mol. The summed E-state index contributed by atoms with van der Waals surface area (Å²) < 4.78 is 11.2. The molecule has 2 amide bonds. The third kappa shape index (κ3) is 5.17. The quantitative estimate of drug-likeness (QED) is 0.568. The lowest BCUT2D eigenvalue weighted by Crippen LogP contribution is -2.39. The first-order chi connectivity index (χ1) is 15.9. The summed E-state index contributed by atoms with van der Waals surface area (Å²) in [6, 6.07) is 16.3. The third-order valence-electron chi connectivity index (χ3n) is 6.22. The van der Waals surface area contributed by atoms with Crippen LogP contribution in [0.5, 0.6) is 0 Å². The van der Waals surface area contributed by atoms with E-state index in [1.54, 1.807) is 0 Å². The van der Waals surface area contributed by atoms with Gasteiger partial charge in [-0.25, -0.2) is 4.79 Å². The highest BCUT2D eigenvalue weighted by Crippen LogP contribution is 2.44. The van der Waals surface area contributed by atoms with Crippen LogP contribution in [0, 0.1) is 5.92 Å². The first-order valence-electron chi connectivity index (χ1n) is 11.2. The Morgan fingerprint density at radius 3 is 2.30 bits per heavy atom. The molecular weight excluding hydrogens is 424 g/mol. The van der Waals surface area contributed by atoms with Gasteiger partial charge in [0.2, 0.25) is 5.91 Å². The average Bonchev–Trinajstić information content (AvgIpc) is 3.42. The van der Waals surface area contributed by atoms with Gasteiger partial charge in [-0.2, -0.15) is 0 Å². The smallest absolute Gasteiger partial charge is 0.407 e. The van der Waals surface area contributed by atoms with Gasteiger partial charge in [-0.15, -0.1) is 0 Å². The number of amides is 2. The Morgan fingerprint density at radius 2 is 1.67 bits per heavy atom. The van der Waals surface area contributed by atoms with Gasteiger partial charge in [-0.1, -0.05) is 55.5 Å². The number of carboxylic acids is 1. The number of hydrogen-bond donors (Lipinski definition) is 3. The van der Waals surface area contributed by atoms with Crippen molar-refractivity contribution < 1.29 is 29.0 Å². The maximum Gasteiger partial charge on any atom is 0.407 e. The van der Waals surface area contributed by atoms with Crippen molar-refractivity contribution in [1.29, 1.82) is 0 Å². The van der Waals surface area contributed by atoms with Crippen molar-refractivity contribution in [3.8, 4) is 11.1 Å². The molecule has 2 aliphatic rings. The Kier molecular flexibility index (Phi) is 6.93. The van der Waals surface area contributed by atoms with Crippen LogP contribution in [0.2, 0.25) is 0 Å². The zero-order chi connectivity index (χ0) is 23.4. The molecule has 8 nitrogen and oxygen atoms in total. The number of alkyl carbamates (subject to hydrolysis) is 1. The molecule has 0 radical (unpaired) electrons. The third-order valence-corrected chi connectivity index (χ3v) is 6.22. The number of aliphatic carboxylic acids is 1. The fraction of sp³-hybridized carbons (Fsp3) is 0.400. The van der Waals surface area contributed by atoms with Crippen molar-refractivity contribution in [3.05, 3.63) is 59.7 Å². The lowest BCUT2D eigenvalue weighted by atomic mass is 9.98. The molecular formula is C25H28N2O6. The van der Waals surface area contributed by atoms with E-state index in [-0.39, 0.29) is 37.6 Å². The molecule has 1 aliphatic heterocycles. The van der Waals surface area contributed by atoms with Crippen molar-refractivity contribution >= 4 is 18.0 Å². The zero-order valence-corrected chi connectivity index (χ0v) is 18.5. The second-order valence-electron chi connectivity index (χ2n) is 8.51. The van der Waals surface area contributed by atoms with E-state index in [4.69, 9.17) is 14.6 Å². The minimum Gasteiger partial charge on any atom is -0.481 e.